The van der Waals surface area contributed by atoms with E-state index in [4.69, 9.17) is 28.9 Å². The molecule has 1 aliphatic heterocycles. The number of anilines is 2. The molecular formula is C21H19Cl2N5O2. The molecule has 2 N–H and O–H groups in total. The van der Waals surface area contributed by atoms with Gasteiger partial charge in [0.15, 0.2) is 5.78 Å². The van der Waals surface area contributed by atoms with E-state index in [2.05, 4.69) is 10.1 Å². The van der Waals surface area contributed by atoms with E-state index < -0.39 is 0 Å². The number of hydrogen-bond acceptors (Lipinski definition) is 5. The number of hydrogen-bond donors (Lipinski definition) is 1. The minimum atomic E-state index is -0.248. The summed E-state index contributed by atoms with van der Waals surface area (Å²) in [6, 6.07) is 6.68. The van der Waals surface area contributed by atoms with Crippen molar-refractivity contribution in [2.45, 2.75) is 26.3 Å². The highest BCUT2D eigenvalue weighted by Crippen LogP contribution is 2.32. The van der Waals surface area contributed by atoms with Gasteiger partial charge in [-0.05, 0) is 43.7 Å². The molecule has 1 amide bonds. The molecule has 0 bridgehead atoms. The summed E-state index contributed by atoms with van der Waals surface area (Å²) in [5.74, 6) is -0.294. The number of rotatable bonds is 4. The zero-order valence-electron chi connectivity index (χ0n) is 16.4. The van der Waals surface area contributed by atoms with Crippen LogP contribution in [0.25, 0.3) is 0 Å². The first-order chi connectivity index (χ1) is 14.3. The Morgan fingerprint density at radius 3 is 2.73 bits per heavy atom. The summed E-state index contributed by atoms with van der Waals surface area (Å²) < 4.78 is 1.66. The third-order valence-corrected chi connectivity index (χ3v) is 5.84. The van der Waals surface area contributed by atoms with Gasteiger partial charge in [-0.25, -0.2) is 4.98 Å². The van der Waals surface area contributed by atoms with Gasteiger partial charge in [-0.15, -0.1) is 0 Å². The van der Waals surface area contributed by atoms with Crippen molar-refractivity contribution in [3.05, 3.63) is 69.1 Å². The van der Waals surface area contributed by atoms with Crippen molar-refractivity contribution < 1.29 is 9.59 Å². The van der Waals surface area contributed by atoms with Gasteiger partial charge in [-0.1, -0.05) is 23.2 Å². The van der Waals surface area contributed by atoms with Crippen LogP contribution in [0.4, 0.5) is 11.5 Å². The van der Waals surface area contributed by atoms with Gasteiger partial charge in [0.05, 0.1) is 27.8 Å². The summed E-state index contributed by atoms with van der Waals surface area (Å²) in [4.78, 5) is 31.9. The second kappa shape index (κ2) is 7.74. The van der Waals surface area contributed by atoms with Crippen molar-refractivity contribution in [1.29, 1.82) is 0 Å². The summed E-state index contributed by atoms with van der Waals surface area (Å²) in [6.45, 7) is 4.22. The summed E-state index contributed by atoms with van der Waals surface area (Å²) in [5, 5.41) is 5.14. The number of amides is 1. The van der Waals surface area contributed by atoms with Gasteiger partial charge in [0.1, 0.15) is 11.5 Å². The van der Waals surface area contributed by atoms with E-state index in [9.17, 15) is 9.59 Å². The Bertz CT molecular complexity index is 1170. The topological polar surface area (TPSA) is 94.1 Å². The molecule has 30 heavy (non-hydrogen) atoms. The molecule has 1 atom stereocenters. The smallest absolute Gasteiger partial charge is 0.276 e. The summed E-state index contributed by atoms with van der Waals surface area (Å²) in [6.07, 6.45) is 3.17. The number of pyridine rings is 1. The fraction of sp³-hybridized carbons (Fsp3) is 0.238. The van der Waals surface area contributed by atoms with Crippen LogP contribution in [-0.2, 0) is 6.42 Å². The number of carbonyl (C=O) groups excluding carboxylic acids is 2. The van der Waals surface area contributed by atoms with Gasteiger partial charge in [0.2, 0.25) is 0 Å². The maximum absolute atomic E-state index is 13.3. The molecule has 0 aliphatic carbocycles. The molecule has 0 unspecified atom stereocenters. The van der Waals surface area contributed by atoms with Gasteiger partial charge < -0.3 is 10.6 Å². The molecule has 1 aliphatic rings. The quantitative estimate of drug-likeness (QED) is 0.611. The predicted molar refractivity (Wildman–Crippen MR) is 116 cm³/mol. The Morgan fingerprint density at radius 2 is 2.00 bits per heavy atom. The van der Waals surface area contributed by atoms with Crippen LogP contribution in [0.1, 0.15) is 44.9 Å². The fourth-order valence-electron chi connectivity index (χ4n) is 3.60. The predicted octanol–water partition coefficient (Wildman–Crippen LogP) is 4.12. The number of ketones is 1. The number of fused-ring (bicyclic) bond motifs is 1. The normalized spacial score (nSPS) is 15.9. The molecule has 0 saturated heterocycles. The Hall–Kier alpha value is -2.90. The first kappa shape index (κ1) is 20.4. The molecule has 9 heteroatoms. The van der Waals surface area contributed by atoms with Crippen molar-refractivity contribution in [1.82, 2.24) is 14.8 Å². The van der Waals surface area contributed by atoms with Gasteiger partial charge in [0, 0.05) is 30.4 Å². The van der Waals surface area contributed by atoms with E-state index in [1.54, 1.807) is 46.2 Å². The van der Waals surface area contributed by atoms with Crippen LogP contribution in [0.2, 0.25) is 10.0 Å². The first-order valence-electron chi connectivity index (χ1n) is 9.35. The second-order valence-corrected chi connectivity index (χ2v) is 8.19. The fourth-order valence-corrected chi connectivity index (χ4v) is 3.89. The van der Waals surface area contributed by atoms with Gasteiger partial charge in [-0.3, -0.25) is 14.3 Å². The molecule has 3 heterocycles. The number of benzene rings is 1. The monoisotopic (exact) mass is 443 g/mol. The number of halogens is 2. The average molecular weight is 444 g/mol. The van der Waals surface area contributed by atoms with Crippen molar-refractivity contribution in [3.8, 4) is 0 Å². The molecule has 154 valence electrons. The van der Waals surface area contributed by atoms with E-state index in [0.29, 0.717) is 39.1 Å². The molecule has 4 rings (SSSR count). The third kappa shape index (κ3) is 3.55. The number of nitrogens with zero attached hydrogens (tertiary/aromatic N) is 4. The van der Waals surface area contributed by atoms with Gasteiger partial charge in [-0.2, -0.15) is 5.10 Å². The Balaban J connectivity index is 1.68. The summed E-state index contributed by atoms with van der Waals surface area (Å²) in [5.41, 5.74) is 8.62. The number of nitrogen functional groups attached to an aromatic ring is 1. The van der Waals surface area contributed by atoms with E-state index in [0.717, 1.165) is 5.56 Å². The molecule has 0 radical (unpaired) electrons. The molecule has 2 aromatic heterocycles. The van der Waals surface area contributed by atoms with Crippen molar-refractivity contribution in [2.75, 3.05) is 17.2 Å². The molecule has 3 aromatic rings. The molecule has 0 spiro atoms. The lowest BCUT2D eigenvalue weighted by atomic mass is 10.0. The van der Waals surface area contributed by atoms with E-state index in [-0.39, 0.29) is 30.0 Å². The Labute approximate surface area is 183 Å². The van der Waals surface area contributed by atoms with Crippen LogP contribution in [0.5, 0.6) is 0 Å². The van der Waals surface area contributed by atoms with Gasteiger partial charge in [0.25, 0.3) is 5.91 Å². The molecule has 0 fully saturated rings. The SMILES string of the molecule is Cc1cnc(N)c(C(=O)Cc2cnn3c2C(=O)N(c2ccc(Cl)c(Cl)c2)C[C@@H]3C)c1. The standard InChI is InChI=1S/C21H19Cl2N5O2/c1-11-5-15(20(24)25-8-11)18(29)6-13-9-26-28-12(2)10-27(21(30)19(13)28)14-3-4-16(22)17(23)7-14/h3-5,7-9,12H,6,10H2,1-2H3,(H2,24,25)/t12-/m0/s1. The molecule has 0 saturated carbocycles. The number of aryl methyl sites for hydroxylation is 1. The van der Waals surface area contributed by atoms with Crippen molar-refractivity contribution in [2.24, 2.45) is 0 Å². The summed E-state index contributed by atoms with van der Waals surface area (Å²) in [7, 11) is 0. The highest BCUT2D eigenvalue weighted by molar-refractivity contribution is 6.42. The number of nitrogens with two attached hydrogens (primary N) is 1. The van der Waals surface area contributed by atoms with E-state index >= 15 is 0 Å². The van der Waals surface area contributed by atoms with E-state index in [1.165, 1.54) is 0 Å². The highest BCUT2D eigenvalue weighted by atomic mass is 35.5. The molecular weight excluding hydrogens is 425 g/mol. The maximum atomic E-state index is 13.3. The van der Waals surface area contributed by atoms with Crippen molar-refractivity contribution >= 4 is 46.4 Å². The van der Waals surface area contributed by atoms with Crippen LogP contribution in [0, 0.1) is 6.92 Å². The largest absolute Gasteiger partial charge is 0.383 e. The zero-order chi connectivity index (χ0) is 21.6. The lowest BCUT2D eigenvalue weighted by Gasteiger charge is -2.32. The van der Waals surface area contributed by atoms with E-state index in [1.807, 2.05) is 13.8 Å². The first-order valence-corrected chi connectivity index (χ1v) is 10.1. The summed E-state index contributed by atoms with van der Waals surface area (Å²) >= 11 is 12.2. The lowest BCUT2D eigenvalue weighted by Crippen LogP contribution is -2.43. The highest BCUT2D eigenvalue weighted by Gasteiger charge is 2.34. The Kier molecular flexibility index (Phi) is 5.26. The van der Waals surface area contributed by atoms with Crippen molar-refractivity contribution in [3.63, 3.8) is 0 Å². The minimum Gasteiger partial charge on any atom is -0.383 e. The number of carbonyl (C=O) groups is 2. The molecule has 7 nitrogen and oxygen atoms in total. The number of Topliss-reactive ketones (excluding diaryl/α,β-unsaturated/α-hetero) is 1. The average Bonchev–Trinajstić information content (AvgIpc) is 3.13. The van der Waals surface area contributed by atoms with Crippen LogP contribution < -0.4 is 10.6 Å². The van der Waals surface area contributed by atoms with Crippen LogP contribution in [-0.4, -0.2) is 33.0 Å². The van der Waals surface area contributed by atoms with Crippen LogP contribution in [0.15, 0.2) is 36.7 Å². The third-order valence-electron chi connectivity index (χ3n) is 5.10. The minimum absolute atomic E-state index is 0.00165. The van der Waals surface area contributed by atoms with Crippen LogP contribution in [0.3, 0.4) is 0 Å². The van der Waals surface area contributed by atoms with Gasteiger partial charge >= 0.3 is 0 Å². The van der Waals surface area contributed by atoms with Crippen LogP contribution >= 0.6 is 23.2 Å². The molecule has 1 aromatic carbocycles. The number of aromatic nitrogens is 3. The Morgan fingerprint density at radius 1 is 1.23 bits per heavy atom. The zero-order valence-corrected chi connectivity index (χ0v) is 17.9. The second-order valence-electron chi connectivity index (χ2n) is 7.37. The maximum Gasteiger partial charge on any atom is 0.276 e. The lowest BCUT2D eigenvalue weighted by molar-refractivity contribution is 0.0951.